The van der Waals surface area contributed by atoms with E-state index >= 15 is 0 Å². The highest BCUT2D eigenvalue weighted by molar-refractivity contribution is 7.18. The van der Waals surface area contributed by atoms with Crippen LogP contribution in [0.1, 0.15) is 22.5 Å². The third-order valence-electron chi connectivity index (χ3n) is 3.77. The lowest BCUT2D eigenvalue weighted by atomic mass is 10.1. The first-order valence-electron chi connectivity index (χ1n) is 7.95. The fourth-order valence-corrected chi connectivity index (χ4v) is 3.35. The van der Waals surface area contributed by atoms with E-state index in [9.17, 15) is 9.59 Å². The molecule has 6 nitrogen and oxygen atoms in total. The maximum Gasteiger partial charge on any atom is 0.324 e. The summed E-state index contributed by atoms with van der Waals surface area (Å²) in [4.78, 5) is 24.8. The summed E-state index contributed by atoms with van der Waals surface area (Å²) in [6, 6.07) is 12.6. The smallest absolute Gasteiger partial charge is 0.324 e. The van der Waals surface area contributed by atoms with Gasteiger partial charge >= 0.3 is 6.03 Å². The van der Waals surface area contributed by atoms with Crippen LogP contribution in [-0.4, -0.2) is 31.1 Å². The molecule has 126 valence electrons. The highest BCUT2D eigenvalue weighted by atomic mass is 32.1. The molecule has 3 amide bonds. The van der Waals surface area contributed by atoms with E-state index in [4.69, 9.17) is 0 Å². The van der Waals surface area contributed by atoms with E-state index in [1.54, 1.807) is 12.1 Å². The van der Waals surface area contributed by atoms with E-state index in [-0.39, 0.29) is 18.0 Å². The van der Waals surface area contributed by atoms with Gasteiger partial charge in [0.1, 0.15) is 0 Å². The number of piperidine rings is 1. The molecule has 1 aliphatic rings. The Morgan fingerprint density at radius 3 is 2.50 bits per heavy atom. The van der Waals surface area contributed by atoms with Gasteiger partial charge in [-0.15, -0.1) is 11.3 Å². The molecule has 0 spiro atoms. The van der Waals surface area contributed by atoms with Gasteiger partial charge in [-0.3, -0.25) is 10.1 Å². The monoisotopic (exact) mass is 344 g/mol. The van der Waals surface area contributed by atoms with Gasteiger partial charge in [-0.1, -0.05) is 18.2 Å². The predicted molar refractivity (Wildman–Crippen MR) is 96.8 cm³/mol. The van der Waals surface area contributed by atoms with Crippen molar-refractivity contribution in [3.63, 3.8) is 0 Å². The van der Waals surface area contributed by atoms with Gasteiger partial charge in [0, 0.05) is 11.7 Å². The van der Waals surface area contributed by atoms with E-state index in [0.29, 0.717) is 9.88 Å². The van der Waals surface area contributed by atoms with Crippen LogP contribution in [0, 0.1) is 0 Å². The SMILES string of the molecule is O=C(Nc1ccccc1)Nc1ccc(C(=O)NC2CCNCC2)s1. The number of para-hydroxylation sites is 1. The standard InChI is InChI=1S/C17H20N4O2S/c22-16(19-13-8-10-18-11-9-13)14-6-7-15(24-14)21-17(23)20-12-4-2-1-3-5-12/h1-7,13,18H,8-11H2,(H,19,22)(H2,20,21,23). The van der Waals surface area contributed by atoms with Crippen molar-refractivity contribution in [3.05, 3.63) is 47.3 Å². The molecule has 1 aliphatic heterocycles. The van der Waals surface area contributed by atoms with Crippen LogP contribution in [0.3, 0.4) is 0 Å². The average Bonchev–Trinajstić information content (AvgIpc) is 3.05. The lowest BCUT2D eigenvalue weighted by molar-refractivity contribution is 0.0933. The average molecular weight is 344 g/mol. The Balaban J connectivity index is 1.52. The molecule has 1 aromatic carbocycles. The summed E-state index contributed by atoms with van der Waals surface area (Å²) in [5, 5.41) is 12.4. The molecule has 0 bridgehead atoms. The Kier molecular flexibility index (Phi) is 5.45. The summed E-state index contributed by atoms with van der Waals surface area (Å²) in [5.74, 6) is -0.0802. The highest BCUT2D eigenvalue weighted by Gasteiger charge is 2.17. The predicted octanol–water partition coefficient (Wildman–Crippen LogP) is 2.87. The van der Waals surface area contributed by atoms with E-state index in [0.717, 1.165) is 31.6 Å². The number of anilines is 2. The van der Waals surface area contributed by atoms with Crippen molar-refractivity contribution < 1.29 is 9.59 Å². The van der Waals surface area contributed by atoms with Gasteiger partial charge in [-0.2, -0.15) is 0 Å². The molecule has 1 saturated heterocycles. The van der Waals surface area contributed by atoms with Gasteiger partial charge in [0.05, 0.1) is 9.88 Å². The largest absolute Gasteiger partial charge is 0.349 e. The molecule has 2 aromatic rings. The quantitative estimate of drug-likeness (QED) is 0.688. The normalized spacial score (nSPS) is 14.8. The molecule has 0 saturated carbocycles. The number of nitrogens with one attached hydrogen (secondary N) is 4. The Morgan fingerprint density at radius 1 is 1.00 bits per heavy atom. The molecule has 7 heteroatoms. The summed E-state index contributed by atoms with van der Waals surface area (Å²) in [7, 11) is 0. The van der Waals surface area contributed by atoms with Crippen LogP contribution < -0.4 is 21.3 Å². The van der Waals surface area contributed by atoms with Crippen LogP contribution in [0.15, 0.2) is 42.5 Å². The second-order valence-electron chi connectivity index (χ2n) is 5.61. The number of hydrogen-bond acceptors (Lipinski definition) is 4. The van der Waals surface area contributed by atoms with Crippen molar-refractivity contribution in [2.45, 2.75) is 18.9 Å². The molecular formula is C17H20N4O2S. The first kappa shape index (κ1) is 16.5. The zero-order valence-electron chi connectivity index (χ0n) is 13.2. The van der Waals surface area contributed by atoms with Crippen molar-refractivity contribution in [1.82, 2.24) is 10.6 Å². The maximum absolute atomic E-state index is 12.3. The molecule has 2 heterocycles. The minimum atomic E-state index is -0.326. The molecule has 4 N–H and O–H groups in total. The minimum absolute atomic E-state index is 0.0802. The molecule has 0 aliphatic carbocycles. The van der Waals surface area contributed by atoms with Gasteiger partial charge in [0.15, 0.2) is 0 Å². The molecule has 0 unspecified atom stereocenters. The molecule has 0 radical (unpaired) electrons. The van der Waals surface area contributed by atoms with Gasteiger partial charge < -0.3 is 16.0 Å². The Bertz CT molecular complexity index is 696. The maximum atomic E-state index is 12.3. The van der Waals surface area contributed by atoms with Gasteiger partial charge in [0.25, 0.3) is 5.91 Å². The van der Waals surface area contributed by atoms with E-state index in [1.165, 1.54) is 11.3 Å². The van der Waals surface area contributed by atoms with E-state index < -0.39 is 0 Å². The topological polar surface area (TPSA) is 82.3 Å². The Labute approximate surface area is 144 Å². The van der Waals surface area contributed by atoms with Crippen LogP contribution in [0.25, 0.3) is 0 Å². The minimum Gasteiger partial charge on any atom is -0.349 e. The number of amides is 3. The third-order valence-corrected chi connectivity index (χ3v) is 4.77. The second-order valence-corrected chi connectivity index (χ2v) is 6.69. The van der Waals surface area contributed by atoms with Crippen LogP contribution in [0.2, 0.25) is 0 Å². The summed E-state index contributed by atoms with van der Waals surface area (Å²) < 4.78 is 0. The summed E-state index contributed by atoms with van der Waals surface area (Å²) in [6.07, 6.45) is 1.89. The molecule has 0 atom stereocenters. The number of rotatable bonds is 4. The summed E-state index contributed by atoms with van der Waals surface area (Å²) in [5.41, 5.74) is 0.718. The third kappa shape index (κ3) is 4.56. The first-order chi connectivity index (χ1) is 11.7. The number of benzene rings is 1. The number of carbonyl (C=O) groups is 2. The molecule has 24 heavy (non-hydrogen) atoms. The zero-order chi connectivity index (χ0) is 16.8. The number of urea groups is 1. The second kappa shape index (κ2) is 7.94. The lowest BCUT2D eigenvalue weighted by Gasteiger charge is -2.23. The Hall–Kier alpha value is -2.38. The number of carbonyl (C=O) groups excluding carboxylic acids is 2. The number of thiophene rings is 1. The fourth-order valence-electron chi connectivity index (χ4n) is 2.55. The van der Waals surface area contributed by atoms with Crippen molar-refractivity contribution in [2.24, 2.45) is 0 Å². The Morgan fingerprint density at radius 2 is 1.75 bits per heavy atom. The van der Waals surface area contributed by atoms with Crippen molar-refractivity contribution >= 4 is 34.0 Å². The zero-order valence-corrected chi connectivity index (χ0v) is 14.0. The summed E-state index contributed by atoms with van der Waals surface area (Å²) >= 11 is 1.27. The van der Waals surface area contributed by atoms with Crippen LogP contribution in [-0.2, 0) is 0 Å². The van der Waals surface area contributed by atoms with Crippen LogP contribution in [0.4, 0.5) is 15.5 Å². The molecule has 1 fully saturated rings. The van der Waals surface area contributed by atoms with Crippen LogP contribution >= 0.6 is 11.3 Å². The first-order valence-corrected chi connectivity index (χ1v) is 8.77. The lowest BCUT2D eigenvalue weighted by Crippen LogP contribution is -2.42. The molecule has 1 aromatic heterocycles. The molecular weight excluding hydrogens is 324 g/mol. The van der Waals surface area contributed by atoms with E-state index in [1.807, 2.05) is 30.3 Å². The highest BCUT2D eigenvalue weighted by Crippen LogP contribution is 2.22. The van der Waals surface area contributed by atoms with Gasteiger partial charge in [-0.25, -0.2) is 4.79 Å². The summed E-state index contributed by atoms with van der Waals surface area (Å²) in [6.45, 7) is 1.86. The van der Waals surface area contributed by atoms with Crippen molar-refractivity contribution in [3.8, 4) is 0 Å². The van der Waals surface area contributed by atoms with Gasteiger partial charge in [0.2, 0.25) is 0 Å². The van der Waals surface area contributed by atoms with Crippen molar-refractivity contribution in [1.29, 1.82) is 0 Å². The van der Waals surface area contributed by atoms with Crippen molar-refractivity contribution in [2.75, 3.05) is 23.7 Å². The van der Waals surface area contributed by atoms with Gasteiger partial charge in [-0.05, 0) is 50.2 Å². The van der Waals surface area contributed by atoms with Crippen LogP contribution in [0.5, 0.6) is 0 Å². The number of hydrogen-bond donors (Lipinski definition) is 4. The van der Waals surface area contributed by atoms with E-state index in [2.05, 4.69) is 21.3 Å². The fraction of sp³-hybridized carbons (Fsp3) is 0.294. The molecule has 3 rings (SSSR count).